The molecule has 0 atom stereocenters. The summed E-state index contributed by atoms with van der Waals surface area (Å²) in [6.45, 7) is 1.85. The fourth-order valence-corrected chi connectivity index (χ4v) is 5.78. The van der Waals surface area contributed by atoms with Crippen LogP contribution in [0.2, 0.25) is 0 Å². The number of carbonyl (C=O) groups excluding carboxylic acids is 1. The van der Waals surface area contributed by atoms with Gasteiger partial charge in [-0.25, -0.2) is 4.98 Å². The molecule has 0 saturated carbocycles. The number of allylic oxidation sites excluding steroid dienone is 3. The number of furan rings is 1. The van der Waals surface area contributed by atoms with Crippen LogP contribution in [0.4, 0.5) is 0 Å². The Morgan fingerprint density at radius 3 is 2.97 bits per heavy atom. The topological polar surface area (TPSA) is 112 Å². The van der Waals surface area contributed by atoms with Gasteiger partial charge in [0.15, 0.2) is 5.65 Å². The summed E-state index contributed by atoms with van der Waals surface area (Å²) < 4.78 is 9.61. The van der Waals surface area contributed by atoms with Crippen molar-refractivity contribution >= 4 is 58.2 Å². The molecular weight excluding hydrogens is 543 g/mol. The molecule has 3 N–H and O–H groups in total. The van der Waals surface area contributed by atoms with E-state index in [4.69, 9.17) is 4.42 Å². The second-order valence-electron chi connectivity index (χ2n) is 7.84. The number of hydrogen-bond acceptors (Lipinski definition) is 5. The first-order valence-corrected chi connectivity index (χ1v) is 13.2. The van der Waals surface area contributed by atoms with Crippen molar-refractivity contribution in [3.63, 3.8) is 0 Å². The molecule has 5 aromatic rings. The molecule has 0 radical (unpaired) electrons. The van der Waals surface area contributed by atoms with E-state index in [1.807, 2.05) is 37.7 Å². The highest BCUT2D eigenvalue weighted by Gasteiger charge is 2.16. The number of pyridine rings is 2. The number of amides is 1. The zero-order valence-corrected chi connectivity index (χ0v) is 20.3. The predicted molar refractivity (Wildman–Crippen MR) is 141 cm³/mol. The summed E-state index contributed by atoms with van der Waals surface area (Å²) in [5.41, 5.74) is 8.22. The molecule has 0 bridgehead atoms. The Bertz CT molecular complexity index is 1640. The maximum Gasteiger partial charge on any atom is 0.224 e. The van der Waals surface area contributed by atoms with Crippen LogP contribution in [-0.2, 0) is 4.79 Å². The zero-order chi connectivity index (χ0) is 23.1. The smallest absolute Gasteiger partial charge is 0.224 e. The van der Waals surface area contributed by atoms with Gasteiger partial charge in [0.1, 0.15) is 0 Å². The highest BCUT2D eigenvalue weighted by atomic mass is 127. The minimum atomic E-state index is -0.292. The minimum Gasteiger partial charge on any atom is -0.472 e. The number of halogens is 1. The van der Waals surface area contributed by atoms with Crippen LogP contribution in [0.1, 0.15) is 18.9 Å². The molecule has 0 spiro atoms. The summed E-state index contributed by atoms with van der Waals surface area (Å²) >= 11 is -0.292. The van der Waals surface area contributed by atoms with Gasteiger partial charge in [0.2, 0.25) is 5.91 Å². The van der Waals surface area contributed by atoms with Crippen molar-refractivity contribution in [3.05, 3.63) is 70.7 Å². The van der Waals surface area contributed by atoms with E-state index in [0.717, 1.165) is 55.6 Å². The number of rotatable bonds is 5. The molecule has 0 aromatic carbocycles. The molecule has 8 nitrogen and oxygen atoms in total. The van der Waals surface area contributed by atoms with E-state index < -0.39 is 0 Å². The molecular formula is C25H19IN6O2. The van der Waals surface area contributed by atoms with E-state index in [1.54, 1.807) is 12.5 Å². The van der Waals surface area contributed by atoms with Crippen molar-refractivity contribution < 1.29 is 9.21 Å². The largest absolute Gasteiger partial charge is 0.472 e. The Balaban J connectivity index is 1.42. The third kappa shape index (κ3) is 3.67. The lowest BCUT2D eigenvalue weighted by atomic mass is 10.1. The molecule has 0 saturated heterocycles. The summed E-state index contributed by atoms with van der Waals surface area (Å²) in [4.78, 5) is 24.2. The lowest BCUT2D eigenvalue weighted by Gasteiger charge is -2.10. The second kappa shape index (κ2) is 8.49. The lowest BCUT2D eigenvalue weighted by molar-refractivity contribution is -0.119. The van der Waals surface area contributed by atoms with Gasteiger partial charge in [-0.2, -0.15) is 5.10 Å². The van der Waals surface area contributed by atoms with E-state index in [0.29, 0.717) is 12.1 Å². The number of nitrogens with one attached hydrogen (secondary N) is 3. The molecule has 9 heteroatoms. The van der Waals surface area contributed by atoms with Gasteiger partial charge >= 0.3 is 0 Å². The average molecular weight is 562 g/mol. The normalized spacial score (nSPS) is 13.6. The van der Waals surface area contributed by atoms with Gasteiger partial charge in [0.05, 0.1) is 35.6 Å². The first kappa shape index (κ1) is 20.7. The highest BCUT2D eigenvalue weighted by Crippen LogP contribution is 2.34. The summed E-state index contributed by atoms with van der Waals surface area (Å²) in [6.07, 6.45) is 11.3. The maximum absolute atomic E-state index is 11.8. The van der Waals surface area contributed by atoms with Crippen LogP contribution >= 0.6 is 20.7 Å². The first-order valence-electron chi connectivity index (χ1n) is 10.7. The van der Waals surface area contributed by atoms with E-state index in [2.05, 4.69) is 50.7 Å². The van der Waals surface area contributed by atoms with Crippen molar-refractivity contribution in [1.29, 1.82) is 0 Å². The minimum absolute atomic E-state index is 0.0153. The molecule has 1 aliphatic heterocycles. The van der Waals surface area contributed by atoms with Gasteiger partial charge in [-0.1, -0.05) is 27.7 Å². The third-order valence-corrected chi connectivity index (χ3v) is 7.73. The van der Waals surface area contributed by atoms with E-state index in [1.165, 1.54) is 0 Å². The van der Waals surface area contributed by atoms with Gasteiger partial charge in [-0.05, 0) is 37.9 Å². The Labute approximate surface area is 203 Å². The summed E-state index contributed by atoms with van der Waals surface area (Å²) in [6, 6.07) is 6.11. The molecule has 1 amide bonds. The number of fused-ring (bicyclic) bond motifs is 2. The summed E-state index contributed by atoms with van der Waals surface area (Å²) in [7, 11) is 0. The van der Waals surface area contributed by atoms with Gasteiger partial charge < -0.3 is 14.7 Å². The number of carbonyl (C=O) groups is 1. The highest BCUT2D eigenvalue weighted by molar-refractivity contribution is 14.2. The molecule has 0 unspecified atom stereocenters. The van der Waals surface area contributed by atoms with Crippen molar-refractivity contribution in [3.8, 4) is 22.5 Å². The summed E-state index contributed by atoms with van der Waals surface area (Å²) in [5, 5.41) is 12.5. The average Bonchev–Trinajstić information content (AvgIpc) is 3.62. The van der Waals surface area contributed by atoms with Crippen LogP contribution in [0, 0.1) is 0 Å². The van der Waals surface area contributed by atoms with Crippen LogP contribution in [-0.4, -0.2) is 35.1 Å². The van der Waals surface area contributed by atoms with Crippen molar-refractivity contribution in [2.75, 3.05) is 0 Å². The number of aromatic nitrogens is 5. The SMILES string of the molecule is CCC(=O)NC1=CC(c2cnc3n[nH]c(-c4cc5c(-c6ccoc6)cncc5[nH]4)c3c2)=CI=C1. The Morgan fingerprint density at radius 2 is 2.12 bits per heavy atom. The Hall–Kier alpha value is -3.86. The fraction of sp³-hybridized carbons (Fsp3) is 0.0800. The second-order valence-corrected chi connectivity index (χ2v) is 9.80. The third-order valence-electron chi connectivity index (χ3n) is 5.67. The van der Waals surface area contributed by atoms with Crippen LogP contribution in [0.5, 0.6) is 0 Å². The molecule has 6 rings (SSSR count). The van der Waals surface area contributed by atoms with E-state index in [9.17, 15) is 4.79 Å². The first-order chi connectivity index (χ1) is 16.7. The lowest BCUT2D eigenvalue weighted by Crippen LogP contribution is -2.22. The van der Waals surface area contributed by atoms with Crippen molar-refractivity contribution in [2.24, 2.45) is 0 Å². The number of H-pyrrole nitrogens is 2. The van der Waals surface area contributed by atoms with Gasteiger partial charge in [-0.15, -0.1) is 0 Å². The van der Waals surface area contributed by atoms with Crippen LogP contribution < -0.4 is 5.32 Å². The Morgan fingerprint density at radius 1 is 1.18 bits per heavy atom. The quantitative estimate of drug-likeness (QED) is 0.252. The summed E-state index contributed by atoms with van der Waals surface area (Å²) in [5.74, 6) is 0.0153. The molecule has 5 aromatic heterocycles. The molecule has 6 heterocycles. The number of nitrogens with zero attached hydrogens (tertiary/aromatic N) is 3. The van der Waals surface area contributed by atoms with E-state index >= 15 is 0 Å². The number of aromatic amines is 2. The Kier molecular flexibility index (Phi) is 5.17. The number of hydrogen-bond donors (Lipinski definition) is 3. The zero-order valence-electron chi connectivity index (χ0n) is 18.1. The fourth-order valence-electron chi connectivity index (χ4n) is 3.95. The van der Waals surface area contributed by atoms with Gasteiger partial charge in [-0.3, -0.25) is 14.9 Å². The molecule has 0 aliphatic carbocycles. The van der Waals surface area contributed by atoms with Gasteiger partial charge in [0, 0.05) is 52.0 Å². The molecule has 168 valence electrons. The van der Waals surface area contributed by atoms with E-state index in [-0.39, 0.29) is 26.6 Å². The van der Waals surface area contributed by atoms with Crippen LogP contribution in [0.3, 0.4) is 0 Å². The molecule has 0 fully saturated rings. The maximum atomic E-state index is 11.8. The van der Waals surface area contributed by atoms with Crippen molar-refractivity contribution in [2.45, 2.75) is 13.3 Å². The molecule has 34 heavy (non-hydrogen) atoms. The van der Waals surface area contributed by atoms with Crippen molar-refractivity contribution in [1.82, 2.24) is 30.5 Å². The molecule has 1 aliphatic rings. The predicted octanol–water partition coefficient (Wildman–Crippen LogP) is 5.30. The monoisotopic (exact) mass is 562 g/mol. The van der Waals surface area contributed by atoms with Crippen LogP contribution in [0.25, 0.3) is 50.0 Å². The van der Waals surface area contributed by atoms with Crippen LogP contribution in [0.15, 0.2) is 69.6 Å². The standard InChI is InChI=1S/C25H19IN6O2/c1-2-23(33)29-17-5-15(8-26-9-17)16-6-19-24(31-32-25(19)28-10-16)21-7-18-20(14-3-4-34-13-14)11-27-12-22(18)30-21/h3-13,30H,2H2,1H3,(H,29,33)(H,28,31,32). The van der Waals surface area contributed by atoms with Gasteiger partial charge in [0.25, 0.3) is 0 Å².